The molecule has 0 aromatic rings. The van der Waals surface area contributed by atoms with Crippen molar-refractivity contribution < 1.29 is 16.4 Å². The van der Waals surface area contributed by atoms with Gasteiger partial charge in [0.2, 0.25) is 0 Å². The molecule has 0 aromatic heterocycles. The van der Waals surface area contributed by atoms with Crippen LogP contribution >= 0.6 is 0 Å². The van der Waals surface area contributed by atoms with Gasteiger partial charge in [-0.15, -0.1) is 0 Å². The zero-order chi connectivity index (χ0) is 3.58. The van der Waals surface area contributed by atoms with Gasteiger partial charge in [-0.3, -0.25) is 0 Å². The molecule has 4 heteroatoms. The number of rotatable bonds is 0. The van der Waals surface area contributed by atoms with Gasteiger partial charge in [0, 0.05) is 0 Å². The average Bonchev–Trinajstić information content (AvgIpc) is 0.811. The molecule has 0 saturated heterocycles. The molecule has 0 unspecified atom stereocenters. The maximum Gasteiger partial charge on any atom is 1.00 e. The second kappa shape index (κ2) is 4.53. The minimum absolute atomic E-state index is 0. The first-order valence-corrected chi connectivity index (χ1v) is 0.651. The molecule has 0 aliphatic heterocycles. The third-order valence-corrected chi connectivity index (χ3v) is 0. The Bertz CT molecular complexity index is 33.8. The zero-order valence-corrected chi connectivity index (χ0v) is 1.80. The molecule has 0 radical (unpaired) electrons. The Balaban J connectivity index is -0.0000000450. The Labute approximate surface area is 60.1 Å². The van der Waals surface area contributed by atoms with Crippen molar-refractivity contribution in [3.05, 3.63) is 0 Å². The van der Waals surface area contributed by atoms with Crippen LogP contribution in [0.3, 0.4) is 0 Å². The molecule has 0 aliphatic rings. The molecular formula is CH5CaO3+. The Morgan fingerprint density at radius 3 is 1.60 bits per heavy atom. The van der Waals surface area contributed by atoms with Gasteiger partial charge in [-0.2, -0.15) is 0 Å². The third-order valence-electron chi connectivity index (χ3n) is 0. The first-order valence-electron chi connectivity index (χ1n) is 0.651. The van der Waals surface area contributed by atoms with Crippen LogP contribution in [0, 0.1) is 0 Å². The molecule has 0 bridgehead atoms. The first kappa shape index (κ1) is 9.11. The standard InChI is InChI=1S/CH2O3.Ca.2H/c2-1(3)4;;;/h(H2,2,3,4);;;/p+1. The van der Waals surface area contributed by atoms with Gasteiger partial charge in [0.25, 0.3) is 0 Å². The Kier molecular flexibility index (Phi) is 8.25. The summed E-state index contributed by atoms with van der Waals surface area (Å²) in [6.07, 6.45) is -1.83. The Morgan fingerprint density at radius 2 is 1.60 bits per heavy atom. The van der Waals surface area contributed by atoms with E-state index in [4.69, 9.17) is 15.0 Å². The molecule has 0 amide bonds. The van der Waals surface area contributed by atoms with Gasteiger partial charge < -0.3 is 10.2 Å². The minimum Gasteiger partial charge on any atom is 1.00 e. The van der Waals surface area contributed by atoms with Crippen molar-refractivity contribution >= 4 is 43.9 Å². The molecule has 0 saturated carbocycles. The van der Waals surface area contributed by atoms with Crippen LogP contribution in [0.5, 0.6) is 0 Å². The summed E-state index contributed by atoms with van der Waals surface area (Å²) in [4.78, 5) is 8.56. The zero-order valence-electron chi connectivity index (χ0n) is 2.80. The fraction of sp³-hybridized carbons (Fsp3) is 0. The van der Waals surface area contributed by atoms with Crippen molar-refractivity contribution in [2.24, 2.45) is 0 Å². The molecular weight excluding hydrogens is 100 g/mol. The summed E-state index contributed by atoms with van der Waals surface area (Å²) in [7, 11) is 0. The Hall–Kier alpha value is 0.530. The SMILES string of the molecule is O=C(O)O.[CaH2].[H+]. The van der Waals surface area contributed by atoms with Crippen LogP contribution in [-0.4, -0.2) is 54.1 Å². The van der Waals surface area contributed by atoms with E-state index in [1.54, 1.807) is 0 Å². The molecule has 0 aromatic carbocycles. The van der Waals surface area contributed by atoms with Gasteiger partial charge in [-0.25, -0.2) is 4.79 Å². The van der Waals surface area contributed by atoms with E-state index in [2.05, 4.69) is 0 Å². The van der Waals surface area contributed by atoms with Crippen LogP contribution in [0.1, 0.15) is 1.43 Å². The van der Waals surface area contributed by atoms with Crippen molar-refractivity contribution in [2.75, 3.05) is 0 Å². The summed E-state index contributed by atoms with van der Waals surface area (Å²) in [5.74, 6) is 0. The van der Waals surface area contributed by atoms with E-state index in [1.165, 1.54) is 0 Å². The summed E-state index contributed by atoms with van der Waals surface area (Å²) >= 11 is 0. The van der Waals surface area contributed by atoms with E-state index in [-0.39, 0.29) is 39.2 Å². The minimum atomic E-state index is -1.83. The summed E-state index contributed by atoms with van der Waals surface area (Å²) in [6, 6.07) is 0. The maximum absolute atomic E-state index is 8.56. The van der Waals surface area contributed by atoms with E-state index >= 15 is 0 Å². The predicted molar refractivity (Wildman–Crippen MR) is 20.3 cm³/mol. The molecule has 0 atom stereocenters. The smallest absolute Gasteiger partial charge is 1.00 e. The van der Waals surface area contributed by atoms with Crippen LogP contribution in [0.2, 0.25) is 0 Å². The van der Waals surface area contributed by atoms with Gasteiger partial charge in [-0.1, -0.05) is 0 Å². The molecule has 0 spiro atoms. The van der Waals surface area contributed by atoms with Crippen LogP contribution in [0.15, 0.2) is 0 Å². The fourth-order valence-electron chi connectivity index (χ4n) is 0. The monoisotopic (exact) mass is 105 g/mol. The van der Waals surface area contributed by atoms with Crippen LogP contribution in [0.4, 0.5) is 4.79 Å². The topological polar surface area (TPSA) is 57.5 Å². The molecule has 0 rings (SSSR count). The maximum atomic E-state index is 8.56. The summed E-state index contributed by atoms with van der Waals surface area (Å²) < 4.78 is 0. The average molecular weight is 105 g/mol. The fourth-order valence-corrected chi connectivity index (χ4v) is 0. The van der Waals surface area contributed by atoms with Crippen molar-refractivity contribution in [1.82, 2.24) is 0 Å². The summed E-state index contributed by atoms with van der Waals surface area (Å²) in [5.41, 5.74) is 0. The molecule has 0 fully saturated rings. The predicted octanol–water partition coefficient (Wildman–Crippen LogP) is -0.581. The van der Waals surface area contributed by atoms with E-state index in [9.17, 15) is 0 Å². The molecule has 5 heavy (non-hydrogen) atoms. The molecule has 0 aliphatic carbocycles. The normalized spacial score (nSPS) is 4.80. The van der Waals surface area contributed by atoms with Gasteiger partial charge in [0.15, 0.2) is 0 Å². The van der Waals surface area contributed by atoms with Gasteiger partial charge in [0.1, 0.15) is 0 Å². The van der Waals surface area contributed by atoms with E-state index in [0.29, 0.717) is 0 Å². The molecule has 3 nitrogen and oxygen atoms in total. The number of carbonyl (C=O) groups is 1. The quantitative estimate of drug-likeness (QED) is 0.405. The second-order valence-electron chi connectivity index (χ2n) is 0.283. The number of hydrogen-bond acceptors (Lipinski definition) is 1. The van der Waals surface area contributed by atoms with Crippen LogP contribution in [-0.2, 0) is 0 Å². The van der Waals surface area contributed by atoms with Gasteiger partial charge in [-0.05, 0) is 0 Å². The largest absolute Gasteiger partial charge is 1.00 e. The van der Waals surface area contributed by atoms with Gasteiger partial charge in [0.05, 0.1) is 0 Å². The van der Waals surface area contributed by atoms with Crippen molar-refractivity contribution in [2.45, 2.75) is 0 Å². The number of hydrogen-bond donors (Lipinski definition) is 2. The number of carboxylic acid groups (broad SMARTS) is 2. The summed E-state index contributed by atoms with van der Waals surface area (Å²) in [6.45, 7) is 0. The van der Waals surface area contributed by atoms with Crippen molar-refractivity contribution in [3.8, 4) is 0 Å². The second-order valence-corrected chi connectivity index (χ2v) is 0.283. The van der Waals surface area contributed by atoms with E-state index < -0.39 is 6.16 Å². The van der Waals surface area contributed by atoms with Crippen LogP contribution < -0.4 is 0 Å². The summed E-state index contributed by atoms with van der Waals surface area (Å²) in [5, 5.41) is 13.9. The third kappa shape index (κ3) is 103. The Morgan fingerprint density at radius 1 is 1.60 bits per heavy atom. The van der Waals surface area contributed by atoms with E-state index in [1.807, 2.05) is 0 Å². The first-order chi connectivity index (χ1) is 1.73. The molecule has 28 valence electrons. The van der Waals surface area contributed by atoms with E-state index in [0.717, 1.165) is 0 Å². The molecule has 0 heterocycles. The van der Waals surface area contributed by atoms with Crippen molar-refractivity contribution in [3.63, 3.8) is 0 Å². The van der Waals surface area contributed by atoms with Crippen molar-refractivity contribution in [1.29, 1.82) is 0 Å². The van der Waals surface area contributed by atoms with Gasteiger partial charge >= 0.3 is 45.3 Å². The molecule has 2 N–H and O–H groups in total. The van der Waals surface area contributed by atoms with Crippen LogP contribution in [0.25, 0.3) is 0 Å².